The van der Waals surface area contributed by atoms with E-state index < -0.39 is 6.09 Å². The van der Waals surface area contributed by atoms with E-state index in [-0.39, 0.29) is 11.8 Å². The van der Waals surface area contributed by atoms with E-state index in [0.717, 1.165) is 15.6 Å². The molecule has 0 aromatic carbocycles. The number of hydrogen-bond acceptors (Lipinski definition) is 4. The largest absolute Gasteiger partial charge is 0.465 e. The summed E-state index contributed by atoms with van der Waals surface area (Å²) in [6.45, 7) is 4.20. The van der Waals surface area contributed by atoms with Crippen LogP contribution >= 0.6 is 24.0 Å². The van der Waals surface area contributed by atoms with Gasteiger partial charge in [0.05, 0.1) is 10.9 Å². The van der Waals surface area contributed by atoms with Gasteiger partial charge in [-0.3, -0.25) is 0 Å². The van der Waals surface area contributed by atoms with Gasteiger partial charge in [-0.2, -0.15) is 12.6 Å². The first kappa shape index (κ1) is 11.3. The topological polar surface area (TPSA) is 62.2 Å². The van der Waals surface area contributed by atoms with Crippen LogP contribution in [0.4, 0.5) is 4.79 Å². The van der Waals surface area contributed by atoms with E-state index in [1.165, 1.54) is 0 Å². The van der Waals surface area contributed by atoms with Crippen LogP contribution < -0.4 is 5.32 Å². The van der Waals surface area contributed by atoms with E-state index >= 15 is 0 Å². The van der Waals surface area contributed by atoms with Crippen LogP contribution in [0.3, 0.4) is 0 Å². The van der Waals surface area contributed by atoms with Gasteiger partial charge in [0.1, 0.15) is 5.01 Å². The first-order valence-electron chi connectivity index (χ1n) is 4.09. The van der Waals surface area contributed by atoms with Gasteiger partial charge >= 0.3 is 6.09 Å². The normalized spacial score (nSPS) is 12.5. The maximum Gasteiger partial charge on any atom is 0.404 e. The van der Waals surface area contributed by atoms with Crippen molar-refractivity contribution in [3.63, 3.8) is 0 Å². The first-order chi connectivity index (χ1) is 6.50. The minimum absolute atomic E-state index is 0.163. The molecule has 78 valence electrons. The quantitative estimate of drug-likeness (QED) is 0.698. The third-order valence-electron chi connectivity index (χ3n) is 1.78. The van der Waals surface area contributed by atoms with Crippen LogP contribution in [-0.4, -0.2) is 22.7 Å². The molecule has 1 amide bonds. The number of amides is 1. The Hall–Kier alpha value is -0.750. The summed E-state index contributed by atoms with van der Waals surface area (Å²) in [7, 11) is 0. The molecule has 1 unspecified atom stereocenters. The van der Waals surface area contributed by atoms with E-state index in [1.807, 2.05) is 13.8 Å². The number of nitrogens with one attached hydrogen (secondary N) is 1. The molecule has 0 bridgehead atoms. The lowest BCUT2D eigenvalue weighted by atomic mass is 10.4. The Morgan fingerprint density at radius 1 is 1.71 bits per heavy atom. The lowest BCUT2D eigenvalue weighted by Crippen LogP contribution is -2.24. The first-order valence-corrected chi connectivity index (χ1v) is 5.42. The van der Waals surface area contributed by atoms with Gasteiger partial charge in [-0.15, -0.1) is 11.3 Å². The minimum atomic E-state index is -1.03. The Bertz CT molecular complexity index is 319. The van der Waals surface area contributed by atoms with Crippen LogP contribution in [0.5, 0.6) is 0 Å². The summed E-state index contributed by atoms with van der Waals surface area (Å²) in [5.74, 6) is 0. The van der Waals surface area contributed by atoms with Gasteiger partial charge in [0.2, 0.25) is 0 Å². The van der Waals surface area contributed by atoms with Crippen LogP contribution in [0.25, 0.3) is 0 Å². The van der Waals surface area contributed by atoms with E-state index in [0.29, 0.717) is 0 Å². The average Bonchev–Trinajstić information content (AvgIpc) is 2.43. The molecule has 6 heteroatoms. The summed E-state index contributed by atoms with van der Waals surface area (Å²) >= 11 is 5.83. The van der Waals surface area contributed by atoms with Crippen molar-refractivity contribution < 1.29 is 9.90 Å². The van der Waals surface area contributed by atoms with Crippen LogP contribution in [0.15, 0.2) is 0 Å². The molecule has 0 aliphatic carbocycles. The van der Waals surface area contributed by atoms with Crippen molar-refractivity contribution in [1.29, 1.82) is 0 Å². The lowest BCUT2D eigenvalue weighted by Gasteiger charge is -2.06. The van der Waals surface area contributed by atoms with Crippen molar-refractivity contribution in [2.75, 3.05) is 6.54 Å². The molecule has 0 spiro atoms. The van der Waals surface area contributed by atoms with Gasteiger partial charge in [0.15, 0.2) is 0 Å². The molecule has 1 rings (SSSR count). The van der Waals surface area contributed by atoms with Crippen molar-refractivity contribution in [2.45, 2.75) is 19.1 Å². The Balaban J connectivity index is 2.60. The SMILES string of the molecule is Cc1nc(C(S)CNC(=O)O)sc1C. The number of carbonyl (C=O) groups is 1. The van der Waals surface area contributed by atoms with E-state index in [2.05, 4.69) is 22.9 Å². The zero-order valence-electron chi connectivity index (χ0n) is 7.94. The van der Waals surface area contributed by atoms with Crippen LogP contribution in [-0.2, 0) is 0 Å². The van der Waals surface area contributed by atoms with E-state index in [9.17, 15) is 4.79 Å². The number of thiazole rings is 1. The molecular weight excluding hydrogens is 220 g/mol. The van der Waals surface area contributed by atoms with E-state index in [1.54, 1.807) is 11.3 Å². The zero-order valence-corrected chi connectivity index (χ0v) is 9.65. The van der Waals surface area contributed by atoms with Gasteiger partial charge in [-0.25, -0.2) is 9.78 Å². The predicted molar refractivity (Wildman–Crippen MR) is 59.3 cm³/mol. The number of aryl methyl sites for hydroxylation is 2. The summed E-state index contributed by atoms with van der Waals surface area (Å²) in [6.07, 6.45) is -1.03. The summed E-state index contributed by atoms with van der Waals surface area (Å²) < 4.78 is 0. The molecule has 1 aromatic rings. The Morgan fingerprint density at radius 3 is 2.79 bits per heavy atom. The van der Waals surface area contributed by atoms with Gasteiger partial charge in [0, 0.05) is 11.4 Å². The minimum Gasteiger partial charge on any atom is -0.465 e. The molecule has 14 heavy (non-hydrogen) atoms. The van der Waals surface area contributed by atoms with Crippen molar-refractivity contribution in [3.8, 4) is 0 Å². The number of nitrogens with zero attached hydrogens (tertiary/aromatic N) is 1. The third-order valence-corrected chi connectivity index (χ3v) is 3.57. The van der Waals surface area contributed by atoms with Crippen molar-refractivity contribution in [3.05, 3.63) is 15.6 Å². The molecule has 1 atom stereocenters. The smallest absolute Gasteiger partial charge is 0.404 e. The summed E-state index contributed by atoms with van der Waals surface area (Å²) in [5, 5.41) is 11.4. The van der Waals surface area contributed by atoms with Crippen LogP contribution in [0.1, 0.15) is 20.8 Å². The number of thiol groups is 1. The molecule has 0 fully saturated rings. The predicted octanol–water partition coefficient (Wildman–Crippen LogP) is 2.00. The average molecular weight is 232 g/mol. The second kappa shape index (κ2) is 4.65. The zero-order chi connectivity index (χ0) is 10.7. The van der Waals surface area contributed by atoms with Crippen molar-refractivity contribution in [1.82, 2.24) is 10.3 Å². The summed E-state index contributed by atoms with van der Waals surface area (Å²) in [5.41, 5.74) is 0.986. The van der Waals surface area contributed by atoms with Gasteiger partial charge < -0.3 is 10.4 Å². The number of rotatable bonds is 3. The summed E-state index contributed by atoms with van der Waals surface area (Å²) in [4.78, 5) is 15.7. The lowest BCUT2D eigenvalue weighted by molar-refractivity contribution is 0.194. The molecule has 0 saturated heterocycles. The Kier molecular flexibility index (Phi) is 3.77. The molecule has 4 nitrogen and oxygen atoms in total. The molecule has 0 aliphatic rings. The summed E-state index contributed by atoms with van der Waals surface area (Å²) in [6, 6.07) is 0. The second-order valence-electron chi connectivity index (χ2n) is 2.90. The third kappa shape index (κ3) is 2.88. The van der Waals surface area contributed by atoms with E-state index in [4.69, 9.17) is 5.11 Å². The van der Waals surface area contributed by atoms with Gasteiger partial charge in [-0.1, -0.05) is 0 Å². The monoisotopic (exact) mass is 232 g/mol. The fraction of sp³-hybridized carbons (Fsp3) is 0.500. The second-order valence-corrected chi connectivity index (χ2v) is 4.75. The molecule has 0 saturated carbocycles. The molecule has 0 radical (unpaired) electrons. The highest BCUT2D eigenvalue weighted by Gasteiger charge is 2.13. The molecule has 1 aromatic heterocycles. The van der Waals surface area contributed by atoms with Gasteiger partial charge in [-0.05, 0) is 13.8 Å². The van der Waals surface area contributed by atoms with Crippen molar-refractivity contribution >= 4 is 30.1 Å². The maximum absolute atomic E-state index is 10.2. The highest BCUT2D eigenvalue weighted by atomic mass is 32.1. The standard InChI is InChI=1S/C8H12N2O2S2/c1-4-5(2)14-7(10-4)6(13)3-9-8(11)12/h6,9,13H,3H2,1-2H3,(H,11,12). The molecule has 2 N–H and O–H groups in total. The molecule has 1 heterocycles. The van der Waals surface area contributed by atoms with Crippen molar-refractivity contribution in [2.24, 2.45) is 0 Å². The maximum atomic E-state index is 10.2. The van der Waals surface area contributed by atoms with Gasteiger partial charge in [0.25, 0.3) is 0 Å². The Morgan fingerprint density at radius 2 is 2.36 bits per heavy atom. The fourth-order valence-corrected chi connectivity index (χ4v) is 2.13. The highest BCUT2D eigenvalue weighted by Crippen LogP contribution is 2.26. The highest BCUT2D eigenvalue weighted by molar-refractivity contribution is 7.80. The van der Waals surface area contributed by atoms with Crippen LogP contribution in [0, 0.1) is 13.8 Å². The number of carboxylic acid groups (broad SMARTS) is 1. The fourth-order valence-electron chi connectivity index (χ4n) is 0.911. The number of hydrogen-bond donors (Lipinski definition) is 3. The Labute approximate surface area is 91.8 Å². The van der Waals surface area contributed by atoms with Crippen LogP contribution in [0.2, 0.25) is 0 Å². The molecular formula is C8H12N2O2S2. The molecule has 0 aliphatic heterocycles. The number of aromatic nitrogens is 1.